The normalized spacial score (nSPS) is 25.3. The Hall–Kier alpha value is -1.64. The van der Waals surface area contributed by atoms with Crippen molar-refractivity contribution in [2.45, 2.75) is 52.2 Å². The SMILES string of the molecule is Cc1ccc(C)c2c1CC1(CCN(Cc3ccccc3)CC1)C2(C)O. The van der Waals surface area contributed by atoms with E-state index in [0.717, 1.165) is 38.9 Å². The summed E-state index contributed by atoms with van der Waals surface area (Å²) in [4.78, 5) is 2.54. The molecule has 1 saturated heterocycles. The smallest absolute Gasteiger partial charge is 0.0933 e. The Labute approximate surface area is 151 Å². The largest absolute Gasteiger partial charge is 0.385 e. The van der Waals surface area contributed by atoms with Crippen molar-refractivity contribution >= 4 is 0 Å². The first-order valence-corrected chi connectivity index (χ1v) is 9.51. The van der Waals surface area contributed by atoms with Crippen LogP contribution in [-0.2, 0) is 18.6 Å². The lowest BCUT2D eigenvalue weighted by molar-refractivity contribution is -0.0950. The number of piperidine rings is 1. The van der Waals surface area contributed by atoms with Gasteiger partial charge in [0, 0.05) is 12.0 Å². The molecule has 1 unspecified atom stereocenters. The van der Waals surface area contributed by atoms with Crippen LogP contribution in [0.2, 0.25) is 0 Å². The lowest BCUT2D eigenvalue weighted by Crippen LogP contribution is -2.49. The molecule has 0 amide bonds. The van der Waals surface area contributed by atoms with E-state index in [0.29, 0.717) is 0 Å². The Bertz CT molecular complexity index is 770. The number of hydrogen-bond donors (Lipinski definition) is 1. The van der Waals surface area contributed by atoms with Crippen LogP contribution in [0.4, 0.5) is 0 Å². The predicted molar refractivity (Wildman–Crippen MR) is 103 cm³/mol. The Balaban J connectivity index is 1.55. The molecular formula is C23H29NO. The lowest BCUT2D eigenvalue weighted by Gasteiger charge is -2.47. The van der Waals surface area contributed by atoms with E-state index in [1.807, 2.05) is 0 Å². The molecule has 1 aliphatic heterocycles. The molecule has 25 heavy (non-hydrogen) atoms. The standard InChI is InChI=1S/C23H29NO/c1-17-9-10-18(2)21-20(17)15-23(22(21,3)25)11-13-24(14-12-23)16-19-7-5-4-6-8-19/h4-10,25H,11-16H2,1-3H3. The van der Waals surface area contributed by atoms with Gasteiger partial charge in [0.2, 0.25) is 0 Å². The summed E-state index contributed by atoms with van der Waals surface area (Å²) in [6.45, 7) is 9.56. The molecular weight excluding hydrogens is 306 g/mol. The third-order valence-corrected chi connectivity index (χ3v) is 6.85. The number of aryl methyl sites for hydroxylation is 2. The van der Waals surface area contributed by atoms with Gasteiger partial charge in [0.25, 0.3) is 0 Å². The minimum Gasteiger partial charge on any atom is -0.385 e. The van der Waals surface area contributed by atoms with Gasteiger partial charge in [-0.1, -0.05) is 42.5 Å². The van der Waals surface area contributed by atoms with Crippen molar-refractivity contribution in [3.8, 4) is 0 Å². The van der Waals surface area contributed by atoms with Crippen molar-refractivity contribution in [1.82, 2.24) is 4.90 Å². The fourth-order valence-electron chi connectivity index (χ4n) is 5.19. The summed E-state index contributed by atoms with van der Waals surface area (Å²) in [5, 5.41) is 11.6. The summed E-state index contributed by atoms with van der Waals surface area (Å²) < 4.78 is 0. The van der Waals surface area contributed by atoms with Crippen molar-refractivity contribution in [3.63, 3.8) is 0 Å². The number of benzene rings is 2. The molecule has 1 fully saturated rings. The maximum atomic E-state index is 11.6. The lowest BCUT2D eigenvalue weighted by atomic mass is 9.66. The summed E-state index contributed by atoms with van der Waals surface area (Å²) in [7, 11) is 0. The van der Waals surface area contributed by atoms with E-state index in [-0.39, 0.29) is 5.41 Å². The van der Waals surface area contributed by atoms with E-state index in [9.17, 15) is 5.11 Å². The van der Waals surface area contributed by atoms with Crippen LogP contribution in [0, 0.1) is 19.3 Å². The highest BCUT2D eigenvalue weighted by Gasteiger charge is 2.55. The molecule has 1 atom stereocenters. The average molecular weight is 335 g/mol. The molecule has 0 aromatic heterocycles. The van der Waals surface area contributed by atoms with E-state index in [4.69, 9.17) is 0 Å². The van der Waals surface area contributed by atoms with E-state index in [2.05, 4.69) is 68.1 Å². The van der Waals surface area contributed by atoms with Gasteiger partial charge >= 0.3 is 0 Å². The number of likely N-dealkylation sites (tertiary alicyclic amines) is 1. The number of nitrogens with zero attached hydrogens (tertiary/aromatic N) is 1. The first-order chi connectivity index (χ1) is 11.9. The van der Waals surface area contributed by atoms with E-state index in [1.165, 1.54) is 27.8 Å². The predicted octanol–water partition coefficient (Wildman–Crippen LogP) is 4.35. The maximum absolute atomic E-state index is 11.6. The maximum Gasteiger partial charge on any atom is 0.0933 e. The van der Waals surface area contributed by atoms with Crippen LogP contribution in [0.5, 0.6) is 0 Å². The molecule has 2 aromatic rings. The molecule has 2 nitrogen and oxygen atoms in total. The zero-order chi connectivity index (χ0) is 17.7. The fraction of sp³-hybridized carbons (Fsp3) is 0.478. The summed E-state index contributed by atoms with van der Waals surface area (Å²) in [6, 6.07) is 15.1. The van der Waals surface area contributed by atoms with Crippen LogP contribution in [0.25, 0.3) is 0 Å². The molecule has 1 spiro atoms. The van der Waals surface area contributed by atoms with Crippen molar-refractivity contribution in [3.05, 3.63) is 70.3 Å². The molecule has 0 radical (unpaired) electrons. The van der Waals surface area contributed by atoms with Crippen LogP contribution in [-0.4, -0.2) is 23.1 Å². The number of fused-ring (bicyclic) bond motifs is 1. The quantitative estimate of drug-likeness (QED) is 0.882. The second-order valence-corrected chi connectivity index (χ2v) is 8.34. The molecule has 4 rings (SSSR count). The first kappa shape index (κ1) is 16.8. The molecule has 0 saturated carbocycles. The Morgan fingerprint density at radius 1 is 0.960 bits per heavy atom. The van der Waals surface area contributed by atoms with Gasteiger partial charge in [0.15, 0.2) is 0 Å². The topological polar surface area (TPSA) is 23.5 Å². The highest BCUT2D eigenvalue weighted by Crippen LogP contribution is 2.57. The van der Waals surface area contributed by atoms with Crippen molar-refractivity contribution in [2.75, 3.05) is 13.1 Å². The molecule has 1 N–H and O–H groups in total. The molecule has 2 aliphatic rings. The van der Waals surface area contributed by atoms with Crippen molar-refractivity contribution in [2.24, 2.45) is 5.41 Å². The fourth-order valence-corrected chi connectivity index (χ4v) is 5.19. The number of rotatable bonds is 2. The minimum absolute atomic E-state index is 0.000601. The van der Waals surface area contributed by atoms with Crippen LogP contribution in [0.1, 0.15) is 47.6 Å². The zero-order valence-electron chi connectivity index (χ0n) is 15.7. The molecule has 132 valence electrons. The van der Waals surface area contributed by atoms with Crippen molar-refractivity contribution < 1.29 is 5.11 Å². The van der Waals surface area contributed by atoms with Gasteiger partial charge in [-0.05, 0) is 80.9 Å². The van der Waals surface area contributed by atoms with Gasteiger partial charge in [-0.25, -0.2) is 0 Å². The molecule has 0 bridgehead atoms. The summed E-state index contributed by atoms with van der Waals surface area (Å²) in [5.41, 5.74) is 5.87. The van der Waals surface area contributed by atoms with Gasteiger partial charge in [-0.3, -0.25) is 4.90 Å². The monoisotopic (exact) mass is 335 g/mol. The van der Waals surface area contributed by atoms with Crippen molar-refractivity contribution in [1.29, 1.82) is 0 Å². The third-order valence-electron chi connectivity index (χ3n) is 6.85. The Morgan fingerprint density at radius 3 is 2.24 bits per heavy atom. The average Bonchev–Trinajstić information content (AvgIpc) is 2.83. The molecule has 2 heteroatoms. The van der Waals surface area contributed by atoms with Gasteiger partial charge in [-0.2, -0.15) is 0 Å². The summed E-state index contributed by atoms with van der Waals surface area (Å²) in [5.74, 6) is 0. The second kappa shape index (κ2) is 5.96. The Kier molecular flexibility index (Phi) is 4.01. The minimum atomic E-state index is -0.711. The van der Waals surface area contributed by atoms with Crippen LogP contribution >= 0.6 is 0 Å². The second-order valence-electron chi connectivity index (χ2n) is 8.34. The van der Waals surface area contributed by atoms with Crippen LogP contribution in [0.15, 0.2) is 42.5 Å². The van der Waals surface area contributed by atoms with Crippen LogP contribution in [0.3, 0.4) is 0 Å². The van der Waals surface area contributed by atoms with Gasteiger partial charge < -0.3 is 5.11 Å². The molecule has 1 heterocycles. The van der Waals surface area contributed by atoms with E-state index >= 15 is 0 Å². The summed E-state index contributed by atoms with van der Waals surface area (Å²) in [6.07, 6.45) is 3.17. The summed E-state index contributed by atoms with van der Waals surface area (Å²) >= 11 is 0. The highest BCUT2D eigenvalue weighted by atomic mass is 16.3. The highest BCUT2D eigenvalue weighted by molar-refractivity contribution is 5.49. The van der Waals surface area contributed by atoms with E-state index in [1.54, 1.807) is 0 Å². The first-order valence-electron chi connectivity index (χ1n) is 9.51. The number of hydrogen-bond acceptors (Lipinski definition) is 2. The molecule has 1 aliphatic carbocycles. The van der Waals surface area contributed by atoms with Gasteiger partial charge in [-0.15, -0.1) is 0 Å². The van der Waals surface area contributed by atoms with Gasteiger partial charge in [0.1, 0.15) is 0 Å². The Morgan fingerprint density at radius 2 is 1.60 bits per heavy atom. The zero-order valence-corrected chi connectivity index (χ0v) is 15.7. The molecule has 2 aromatic carbocycles. The van der Waals surface area contributed by atoms with E-state index < -0.39 is 5.60 Å². The third kappa shape index (κ3) is 2.63. The van der Waals surface area contributed by atoms with Crippen LogP contribution < -0.4 is 0 Å². The van der Waals surface area contributed by atoms with Gasteiger partial charge in [0.05, 0.1) is 5.60 Å². The number of aliphatic hydroxyl groups is 1.